The van der Waals surface area contributed by atoms with Crippen molar-refractivity contribution in [2.75, 3.05) is 0 Å². The quantitative estimate of drug-likeness (QED) is 0.262. The van der Waals surface area contributed by atoms with Gasteiger partial charge in [0.15, 0.2) is 0 Å². The molecule has 0 fully saturated rings. The predicted octanol–water partition coefficient (Wildman–Crippen LogP) is 4.64. The van der Waals surface area contributed by atoms with Crippen LogP contribution in [0.25, 0.3) is 32.3 Å². The summed E-state index contributed by atoms with van der Waals surface area (Å²) < 4.78 is 0. The molecule has 4 aromatic carbocycles. The van der Waals surface area contributed by atoms with Crippen molar-refractivity contribution in [2.24, 2.45) is 0 Å². The van der Waals surface area contributed by atoms with Crippen LogP contribution in [0.5, 0.6) is 0 Å². The number of hydrogen-bond donors (Lipinski definition) is 0. The first kappa shape index (κ1) is 13.7. The molecule has 0 aliphatic rings. The van der Waals surface area contributed by atoms with Crippen LogP contribution in [-0.4, -0.2) is 18.0 Å². The normalized spacial score (nSPS) is 10.4. The maximum atomic E-state index is 9.36. The Labute approximate surface area is 134 Å². The summed E-state index contributed by atoms with van der Waals surface area (Å²) in [4.78, 5) is 0. The number of benzene rings is 4. The molecular formula is C19H11AsN. The van der Waals surface area contributed by atoms with Gasteiger partial charge in [-0.15, -0.1) is 0 Å². The summed E-state index contributed by atoms with van der Waals surface area (Å²) in [6.45, 7) is 0. The smallest absolute Gasteiger partial charge is 0.0998 e. The van der Waals surface area contributed by atoms with Gasteiger partial charge >= 0.3 is 0 Å². The van der Waals surface area contributed by atoms with Crippen LogP contribution in [0.4, 0.5) is 0 Å². The van der Waals surface area contributed by atoms with Gasteiger partial charge in [-0.1, -0.05) is 48.5 Å². The molecule has 1 nitrogen and oxygen atoms in total. The zero-order valence-corrected chi connectivity index (χ0v) is 13.1. The Bertz CT molecular complexity index is 1010. The van der Waals surface area contributed by atoms with Crippen LogP contribution in [0, 0.1) is 11.3 Å². The monoisotopic (exact) mass is 328 g/mol. The third kappa shape index (κ3) is 2.09. The molecule has 0 atom stereocenters. The van der Waals surface area contributed by atoms with Gasteiger partial charge in [-0.2, -0.15) is 5.26 Å². The van der Waals surface area contributed by atoms with Gasteiger partial charge in [0.05, 0.1) is 11.6 Å². The molecule has 2 heteroatoms. The van der Waals surface area contributed by atoms with Crippen molar-refractivity contribution >= 4 is 50.3 Å². The maximum absolute atomic E-state index is 9.36. The fraction of sp³-hybridized carbons (Fsp3) is 0. The minimum atomic E-state index is 0. The summed E-state index contributed by atoms with van der Waals surface area (Å²) in [7, 11) is 0. The van der Waals surface area contributed by atoms with Crippen molar-refractivity contribution in [1.82, 2.24) is 0 Å². The molecule has 0 N–H and O–H groups in total. The van der Waals surface area contributed by atoms with Gasteiger partial charge in [0.25, 0.3) is 0 Å². The zero-order chi connectivity index (χ0) is 13.5. The van der Waals surface area contributed by atoms with Gasteiger partial charge in [-0.3, -0.25) is 0 Å². The third-order valence-electron chi connectivity index (χ3n) is 3.85. The average Bonchev–Trinajstić information content (AvgIpc) is 2.52. The fourth-order valence-electron chi connectivity index (χ4n) is 2.89. The van der Waals surface area contributed by atoms with E-state index in [4.69, 9.17) is 0 Å². The number of rotatable bonds is 0. The SMILES string of the molecule is N#Cc1cccc2ccc3cc4ccccc4cc3c12.[As]. The number of nitrogens with zero attached hydrogens (tertiary/aromatic N) is 1. The molecule has 0 aromatic heterocycles. The van der Waals surface area contributed by atoms with E-state index in [0.29, 0.717) is 0 Å². The van der Waals surface area contributed by atoms with Crippen molar-refractivity contribution in [3.63, 3.8) is 0 Å². The summed E-state index contributed by atoms with van der Waals surface area (Å²) in [6.07, 6.45) is 0. The Morgan fingerprint density at radius 3 is 2.10 bits per heavy atom. The minimum Gasteiger partial charge on any atom is -0.192 e. The molecule has 3 radical (unpaired) electrons. The Kier molecular flexibility index (Phi) is 3.42. The fourth-order valence-corrected chi connectivity index (χ4v) is 2.89. The maximum Gasteiger partial charge on any atom is 0.0998 e. The van der Waals surface area contributed by atoms with Gasteiger partial charge in [-0.25, -0.2) is 0 Å². The number of fused-ring (bicyclic) bond motifs is 4. The Hall–Kier alpha value is -2.29. The van der Waals surface area contributed by atoms with Crippen molar-refractivity contribution in [3.8, 4) is 6.07 Å². The molecule has 0 unspecified atom stereocenters. The van der Waals surface area contributed by atoms with E-state index in [9.17, 15) is 5.26 Å². The Morgan fingerprint density at radius 2 is 1.33 bits per heavy atom. The van der Waals surface area contributed by atoms with Gasteiger partial charge < -0.3 is 0 Å². The molecule has 0 heterocycles. The summed E-state index contributed by atoms with van der Waals surface area (Å²) in [5, 5.41) is 16.3. The van der Waals surface area contributed by atoms with E-state index in [1.54, 1.807) is 0 Å². The van der Waals surface area contributed by atoms with Crippen LogP contribution in [0.1, 0.15) is 5.56 Å². The van der Waals surface area contributed by atoms with E-state index >= 15 is 0 Å². The van der Waals surface area contributed by atoms with Crippen LogP contribution in [0.3, 0.4) is 0 Å². The van der Waals surface area contributed by atoms with E-state index in [2.05, 4.69) is 54.6 Å². The zero-order valence-electron chi connectivity index (χ0n) is 11.2. The molecule has 0 saturated heterocycles. The molecule has 4 rings (SSSR count). The Morgan fingerprint density at radius 1 is 0.667 bits per heavy atom. The molecule has 0 bridgehead atoms. The molecule has 4 aromatic rings. The molecule has 0 aliphatic carbocycles. The van der Waals surface area contributed by atoms with Gasteiger partial charge in [0.2, 0.25) is 0 Å². The van der Waals surface area contributed by atoms with Crippen molar-refractivity contribution in [1.29, 1.82) is 5.26 Å². The second kappa shape index (κ2) is 5.24. The van der Waals surface area contributed by atoms with Gasteiger partial charge in [-0.05, 0) is 45.1 Å². The summed E-state index contributed by atoms with van der Waals surface area (Å²) in [5.74, 6) is 0. The largest absolute Gasteiger partial charge is 0.192 e. The first-order chi connectivity index (χ1) is 9.86. The first-order valence-electron chi connectivity index (χ1n) is 6.61. The molecule has 97 valence electrons. The predicted molar refractivity (Wildman–Crippen MR) is 89.4 cm³/mol. The third-order valence-corrected chi connectivity index (χ3v) is 3.85. The summed E-state index contributed by atoms with van der Waals surface area (Å²) in [6, 6.07) is 25.1. The molecule has 0 amide bonds. The van der Waals surface area contributed by atoms with E-state index in [1.807, 2.05) is 18.2 Å². The van der Waals surface area contributed by atoms with Crippen molar-refractivity contribution < 1.29 is 0 Å². The van der Waals surface area contributed by atoms with E-state index in [-0.39, 0.29) is 18.0 Å². The second-order valence-corrected chi connectivity index (χ2v) is 5.00. The number of hydrogen-bond acceptors (Lipinski definition) is 1. The molecular weight excluding hydrogens is 317 g/mol. The summed E-state index contributed by atoms with van der Waals surface area (Å²) >= 11 is 0. The molecule has 0 spiro atoms. The van der Waals surface area contributed by atoms with Crippen LogP contribution < -0.4 is 0 Å². The van der Waals surface area contributed by atoms with E-state index in [0.717, 1.165) is 21.7 Å². The first-order valence-corrected chi connectivity index (χ1v) is 6.61. The molecule has 21 heavy (non-hydrogen) atoms. The number of nitriles is 1. The van der Waals surface area contributed by atoms with Crippen LogP contribution in [0.2, 0.25) is 0 Å². The topological polar surface area (TPSA) is 23.8 Å². The second-order valence-electron chi connectivity index (χ2n) is 5.00. The van der Waals surface area contributed by atoms with Gasteiger partial charge in [0, 0.05) is 23.3 Å². The van der Waals surface area contributed by atoms with E-state index < -0.39 is 0 Å². The van der Waals surface area contributed by atoms with Gasteiger partial charge in [0.1, 0.15) is 0 Å². The van der Waals surface area contributed by atoms with Crippen LogP contribution >= 0.6 is 0 Å². The Balaban J connectivity index is 0.00000132. The molecule has 0 saturated carbocycles. The van der Waals surface area contributed by atoms with Crippen LogP contribution in [-0.2, 0) is 0 Å². The standard InChI is InChI=1S/C19H11N.As/c20-12-17-7-3-6-13-8-9-16-10-14-4-1-2-5-15(14)11-18(16)19(13)17;/h1-11H;. The van der Waals surface area contributed by atoms with E-state index in [1.165, 1.54) is 16.2 Å². The molecule has 0 aliphatic heterocycles. The van der Waals surface area contributed by atoms with Crippen LogP contribution in [0.15, 0.2) is 66.7 Å². The van der Waals surface area contributed by atoms with Crippen molar-refractivity contribution in [3.05, 3.63) is 72.3 Å². The summed E-state index contributed by atoms with van der Waals surface area (Å²) in [5.41, 5.74) is 0.739. The average molecular weight is 328 g/mol. The van der Waals surface area contributed by atoms with Crippen molar-refractivity contribution in [2.45, 2.75) is 0 Å². The minimum absolute atomic E-state index is 0.